The fourth-order valence-corrected chi connectivity index (χ4v) is 1.57. The number of hydrogen-bond donors (Lipinski definition) is 2. The van der Waals surface area contributed by atoms with Crippen molar-refractivity contribution in [2.24, 2.45) is 0 Å². The van der Waals surface area contributed by atoms with Crippen molar-refractivity contribution in [3.05, 3.63) is 12.2 Å². The molecular formula is C11H18N2O3. The molecule has 5 nitrogen and oxygen atoms in total. The summed E-state index contributed by atoms with van der Waals surface area (Å²) in [7, 11) is 1.61. The highest BCUT2D eigenvalue weighted by atomic mass is 16.4. The maximum atomic E-state index is 11.6. The lowest BCUT2D eigenvalue weighted by atomic mass is 10.0. The first-order valence-electron chi connectivity index (χ1n) is 5.48. The molecule has 5 heteroatoms. The van der Waals surface area contributed by atoms with Crippen LogP contribution in [0.2, 0.25) is 0 Å². The number of carboxylic acids is 1. The van der Waals surface area contributed by atoms with Crippen LogP contribution in [0.4, 0.5) is 4.79 Å². The molecule has 2 N–H and O–H groups in total. The molecule has 0 aliphatic heterocycles. The first-order valence-corrected chi connectivity index (χ1v) is 5.48. The van der Waals surface area contributed by atoms with Crippen LogP contribution in [0.1, 0.15) is 25.7 Å². The van der Waals surface area contributed by atoms with Gasteiger partial charge in [-0.3, -0.25) is 4.79 Å². The summed E-state index contributed by atoms with van der Waals surface area (Å²) in [6, 6.07) is -0.00803. The van der Waals surface area contributed by atoms with Crippen LogP contribution in [0.3, 0.4) is 0 Å². The second-order valence-corrected chi connectivity index (χ2v) is 4.00. The topological polar surface area (TPSA) is 69.6 Å². The van der Waals surface area contributed by atoms with Crippen molar-refractivity contribution in [3.8, 4) is 0 Å². The molecule has 0 heterocycles. The summed E-state index contributed by atoms with van der Waals surface area (Å²) in [6.45, 7) is 0.240. The molecule has 2 amide bonds. The van der Waals surface area contributed by atoms with Gasteiger partial charge < -0.3 is 15.3 Å². The number of amides is 2. The van der Waals surface area contributed by atoms with Gasteiger partial charge in [-0.25, -0.2) is 4.79 Å². The molecule has 0 aromatic carbocycles. The third-order valence-electron chi connectivity index (χ3n) is 2.60. The van der Waals surface area contributed by atoms with Gasteiger partial charge in [-0.15, -0.1) is 0 Å². The maximum absolute atomic E-state index is 11.6. The number of nitrogens with zero attached hydrogens (tertiary/aromatic N) is 1. The van der Waals surface area contributed by atoms with Crippen molar-refractivity contribution in [2.75, 3.05) is 13.6 Å². The van der Waals surface area contributed by atoms with Crippen molar-refractivity contribution < 1.29 is 14.7 Å². The van der Waals surface area contributed by atoms with Crippen LogP contribution in [-0.2, 0) is 4.79 Å². The maximum Gasteiger partial charge on any atom is 0.317 e. The van der Waals surface area contributed by atoms with Gasteiger partial charge in [0, 0.05) is 19.6 Å². The van der Waals surface area contributed by atoms with Crippen molar-refractivity contribution in [1.29, 1.82) is 0 Å². The molecule has 1 rings (SSSR count). The Hall–Kier alpha value is -1.52. The summed E-state index contributed by atoms with van der Waals surface area (Å²) < 4.78 is 0. The zero-order valence-electron chi connectivity index (χ0n) is 9.48. The Bertz CT molecular complexity index is 289. The van der Waals surface area contributed by atoms with Gasteiger partial charge in [0.25, 0.3) is 0 Å². The lowest BCUT2D eigenvalue weighted by Gasteiger charge is -2.23. The van der Waals surface area contributed by atoms with Crippen molar-refractivity contribution in [2.45, 2.75) is 31.7 Å². The van der Waals surface area contributed by atoms with Gasteiger partial charge in [0.15, 0.2) is 0 Å². The molecule has 0 aromatic rings. The van der Waals surface area contributed by atoms with E-state index in [1.807, 2.05) is 0 Å². The third-order valence-corrected chi connectivity index (χ3v) is 2.60. The fraction of sp³-hybridized carbons (Fsp3) is 0.636. The minimum absolute atomic E-state index is 0.0194. The van der Waals surface area contributed by atoms with Gasteiger partial charge in [0.05, 0.1) is 6.42 Å². The summed E-state index contributed by atoms with van der Waals surface area (Å²) in [5.74, 6) is -0.889. The Labute approximate surface area is 95.1 Å². The van der Waals surface area contributed by atoms with Gasteiger partial charge in [0.2, 0.25) is 0 Å². The van der Waals surface area contributed by atoms with Crippen LogP contribution in [-0.4, -0.2) is 41.6 Å². The summed E-state index contributed by atoms with van der Waals surface area (Å²) in [4.78, 5) is 23.4. The minimum atomic E-state index is -0.889. The Kier molecular flexibility index (Phi) is 4.82. The van der Waals surface area contributed by atoms with E-state index in [2.05, 4.69) is 17.5 Å². The van der Waals surface area contributed by atoms with Crippen molar-refractivity contribution >= 4 is 12.0 Å². The molecule has 0 saturated heterocycles. The summed E-state index contributed by atoms with van der Waals surface area (Å²) in [5.41, 5.74) is 0. The average molecular weight is 226 g/mol. The molecule has 0 radical (unpaired) electrons. The van der Waals surface area contributed by atoms with E-state index in [1.54, 1.807) is 7.05 Å². The van der Waals surface area contributed by atoms with Crippen LogP contribution in [0.15, 0.2) is 12.2 Å². The normalized spacial score (nSPS) is 19.2. The van der Waals surface area contributed by atoms with Crippen LogP contribution in [0.25, 0.3) is 0 Å². The number of rotatable bonds is 4. The molecule has 90 valence electrons. The fourth-order valence-electron chi connectivity index (χ4n) is 1.57. The number of allylic oxidation sites excluding steroid dienone is 1. The Morgan fingerprint density at radius 2 is 2.25 bits per heavy atom. The Morgan fingerprint density at radius 3 is 2.81 bits per heavy atom. The van der Waals surface area contributed by atoms with Gasteiger partial charge in [-0.1, -0.05) is 12.2 Å². The quantitative estimate of drug-likeness (QED) is 0.708. The average Bonchev–Trinajstić information content (AvgIpc) is 2.27. The van der Waals surface area contributed by atoms with E-state index in [1.165, 1.54) is 4.90 Å². The molecule has 0 aromatic heterocycles. The van der Waals surface area contributed by atoms with E-state index in [-0.39, 0.29) is 25.0 Å². The first-order chi connectivity index (χ1) is 7.59. The Morgan fingerprint density at radius 1 is 1.50 bits per heavy atom. The molecule has 0 bridgehead atoms. The van der Waals surface area contributed by atoms with Gasteiger partial charge in [0.1, 0.15) is 0 Å². The molecule has 16 heavy (non-hydrogen) atoms. The highest BCUT2D eigenvalue weighted by Gasteiger charge is 2.15. The van der Waals surface area contributed by atoms with Crippen LogP contribution < -0.4 is 5.32 Å². The molecule has 1 atom stereocenters. The first kappa shape index (κ1) is 12.5. The van der Waals surface area contributed by atoms with Crippen LogP contribution >= 0.6 is 0 Å². The van der Waals surface area contributed by atoms with E-state index < -0.39 is 5.97 Å². The molecule has 1 aliphatic rings. The smallest absolute Gasteiger partial charge is 0.317 e. The van der Waals surface area contributed by atoms with Gasteiger partial charge >= 0.3 is 12.0 Å². The molecule has 1 aliphatic carbocycles. The number of carbonyl (C=O) groups excluding carboxylic acids is 1. The van der Waals surface area contributed by atoms with E-state index in [4.69, 9.17) is 5.11 Å². The number of carboxylic acid groups (broad SMARTS) is 1. The number of carbonyl (C=O) groups is 2. The largest absolute Gasteiger partial charge is 0.481 e. The second-order valence-electron chi connectivity index (χ2n) is 4.00. The molecule has 1 unspecified atom stereocenters. The highest BCUT2D eigenvalue weighted by molar-refractivity contribution is 5.75. The zero-order valence-corrected chi connectivity index (χ0v) is 9.48. The minimum Gasteiger partial charge on any atom is -0.481 e. The van der Waals surface area contributed by atoms with E-state index in [9.17, 15) is 9.59 Å². The third kappa shape index (κ3) is 4.33. The summed E-state index contributed by atoms with van der Waals surface area (Å²) in [6.07, 6.45) is 6.95. The van der Waals surface area contributed by atoms with E-state index in [0.29, 0.717) is 0 Å². The predicted octanol–water partition coefficient (Wildman–Crippen LogP) is 1.21. The van der Waals surface area contributed by atoms with E-state index >= 15 is 0 Å². The second kappa shape index (κ2) is 6.15. The lowest BCUT2D eigenvalue weighted by Crippen LogP contribution is -2.43. The SMILES string of the molecule is CN(CCC(=O)O)C(=O)NC1CC=CCC1. The van der Waals surface area contributed by atoms with Crippen molar-refractivity contribution in [1.82, 2.24) is 10.2 Å². The number of urea groups is 1. The standard InChI is InChI=1S/C11H18N2O3/c1-13(8-7-10(14)15)11(16)12-9-5-3-2-4-6-9/h2-3,9H,4-8H2,1H3,(H,12,16)(H,14,15). The summed E-state index contributed by atoms with van der Waals surface area (Å²) in [5, 5.41) is 11.4. The summed E-state index contributed by atoms with van der Waals surface area (Å²) >= 11 is 0. The molecule has 0 fully saturated rings. The van der Waals surface area contributed by atoms with Gasteiger partial charge in [-0.2, -0.15) is 0 Å². The van der Waals surface area contributed by atoms with E-state index in [0.717, 1.165) is 19.3 Å². The molecule has 0 saturated carbocycles. The molecular weight excluding hydrogens is 208 g/mol. The van der Waals surface area contributed by atoms with Gasteiger partial charge in [-0.05, 0) is 19.3 Å². The predicted molar refractivity (Wildman–Crippen MR) is 60.2 cm³/mol. The monoisotopic (exact) mass is 226 g/mol. The number of nitrogens with one attached hydrogen (secondary N) is 1. The van der Waals surface area contributed by atoms with Crippen LogP contribution in [0, 0.1) is 0 Å². The number of hydrogen-bond acceptors (Lipinski definition) is 2. The Balaban J connectivity index is 2.27. The van der Waals surface area contributed by atoms with Crippen LogP contribution in [0.5, 0.6) is 0 Å². The zero-order chi connectivity index (χ0) is 12.0. The highest BCUT2D eigenvalue weighted by Crippen LogP contribution is 2.10. The molecule has 0 spiro atoms. The number of aliphatic carboxylic acids is 1. The van der Waals surface area contributed by atoms with Crippen molar-refractivity contribution in [3.63, 3.8) is 0 Å². The lowest BCUT2D eigenvalue weighted by molar-refractivity contribution is -0.137.